The van der Waals surface area contributed by atoms with E-state index >= 15 is 0 Å². The van der Waals surface area contributed by atoms with Crippen LogP contribution >= 0.6 is 0 Å². The van der Waals surface area contributed by atoms with Crippen molar-refractivity contribution in [2.75, 3.05) is 20.2 Å². The third kappa shape index (κ3) is 3.02. The summed E-state index contributed by atoms with van der Waals surface area (Å²) in [5.41, 5.74) is 0.976. The molecule has 1 saturated carbocycles. The summed E-state index contributed by atoms with van der Waals surface area (Å²) in [6.45, 7) is 2.19. The van der Waals surface area contributed by atoms with E-state index in [0.717, 1.165) is 31.1 Å². The van der Waals surface area contributed by atoms with Gasteiger partial charge in [0.15, 0.2) is 0 Å². The monoisotopic (exact) mass is 274 g/mol. The summed E-state index contributed by atoms with van der Waals surface area (Å²) in [6.07, 6.45) is 3.79. The molecule has 1 aromatic rings. The summed E-state index contributed by atoms with van der Waals surface area (Å²) in [6, 6.07) is 10.6. The third-order valence-corrected chi connectivity index (χ3v) is 4.26. The van der Waals surface area contributed by atoms with Gasteiger partial charge in [-0.2, -0.15) is 0 Å². The molecule has 1 saturated heterocycles. The molecule has 0 spiro atoms. The van der Waals surface area contributed by atoms with Gasteiger partial charge in [-0.1, -0.05) is 30.3 Å². The van der Waals surface area contributed by atoms with Crippen LogP contribution < -0.4 is 5.32 Å². The topological polar surface area (TPSA) is 41.6 Å². The fourth-order valence-electron chi connectivity index (χ4n) is 2.99. The van der Waals surface area contributed by atoms with Crippen molar-refractivity contribution in [3.63, 3.8) is 0 Å². The number of hydrogen-bond acceptors (Lipinski definition) is 4. The summed E-state index contributed by atoms with van der Waals surface area (Å²) in [7, 11) is 1.45. The van der Waals surface area contributed by atoms with E-state index in [4.69, 9.17) is 4.74 Å². The van der Waals surface area contributed by atoms with Gasteiger partial charge >= 0.3 is 5.97 Å². The third-order valence-electron chi connectivity index (χ3n) is 4.26. The summed E-state index contributed by atoms with van der Waals surface area (Å²) in [5, 5.41) is 3.48. The van der Waals surface area contributed by atoms with Crippen LogP contribution in [0.15, 0.2) is 30.3 Å². The minimum Gasteiger partial charge on any atom is -0.468 e. The van der Waals surface area contributed by atoms with Crippen molar-refractivity contribution in [1.82, 2.24) is 10.2 Å². The number of carbonyl (C=O) groups excluding carboxylic acids is 1. The molecule has 1 aliphatic carbocycles. The standard InChI is InChI=1S/C16H22N2O2/c1-20-16(19)15(12-5-3-2-4-6-12)17-13-9-10-18(11-13)14-7-8-14/h2-6,13-15,17H,7-11H2,1H3. The highest BCUT2D eigenvalue weighted by Crippen LogP contribution is 2.30. The lowest BCUT2D eigenvalue weighted by molar-refractivity contribution is -0.143. The molecule has 20 heavy (non-hydrogen) atoms. The van der Waals surface area contributed by atoms with Crippen molar-refractivity contribution in [3.05, 3.63) is 35.9 Å². The van der Waals surface area contributed by atoms with Crippen molar-refractivity contribution >= 4 is 5.97 Å². The molecular weight excluding hydrogens is 252 g/mol. The Balaban J connectivity index is 1.66. The maximum atomic E-state index is 12.0. The predicted octanol–water partition coefficient (Wildman–Crippen LogP) is 1.73. The van der Waals surface area contributed by atoms with E-state index < -0.39 is 0 Å². The zero-order valence-electron chi connectivity index (χ0n) is 11.9. The lowest BCUT2D eigenvalue weighted by Crippen LogP contribution is -2.39. The number of nitrogens with zero attached hydrogens (tertiary/aromatic N) is 1. The van der Waals surface area contributed by atoms with Gasteiger partial charge in [-0.05, 0) is 24.8 Å². The van der Waals surface area contributed by atoms with Crippen molar-refractivity contribution in [2.24, 2.45) is 0 Å². The van der Waals surface area contributed by atoms with Crippen LogP contribution in [0.4, 0.5) is 0 Å². The predicted molar refractivity (Wildman–Crippen MR) is 77.3 cm³/mol. The summed E-state index contributed by atoms with van der Waals surface area (Å²) >= 11 is 0. The van der Waals surface area contributed by atoms with Crippen molar-refractivity contribution < 1.29 is 9.53 Å². The second kappa shape index (κ2) is 5.94. The number of rotatable bonds is 5. The molecular formula is C16H22N2O2. The lowest BCUT2D eigenvalue weighted by atomic mass is 10.1. The quantitative estimate of drug-likeness (QED) is 0.830. The number of esters is 1. The van der Waals surface area contributed by atoms with Gasteiger partial charge in [0.05, 0.1) is 7.11 Å². The molecule has 2 fully saturated rings. The molecule has 2 aliphatic rings. The molecule has 3 rings (SSSR count). The Kier molecular flexibility index (Phi) is 4.03. The number of carbonyl (C=O) groups is 1. The van der Waals surface area contributed by atoms with Gasteiger partial charge in [-0.25, -0.2) is 4.79 Å². The Morgan fingerprint density at radius 3 is 2.70 bits per heavy atom. The van der Waals surface area contributed by atoms with E-state index in [9.17, 15) is 4.79 Å². The largest absolute Gasteiger partial charge is 0.468 e. The molecule has 4 heteroatoms. The normalized spacial score (nSPS) is 24.6. The number of likely N-dealkylation sites (tertiary alicyclic amines) is 1. The number of benzene rings is 1. The van der Waals surface area contributed by atoms with Gasteiger partial charge in [0.2, 0.25) is 0 Å². The van der Waals surface area contributed by atoms with Crippen molar-refractivity contribution in [2.45, 2.75) is 37.4 Å². The number of nitrogens with one attached hydrogen (secondary N) is 1. The maximum Gasteiger partial charge on any atom is 0.327 e. The van der Waals surface area contributed by atoms with Crippen LogP contribution in [0, 0.1) is 0 Å². The van der Waals surface area contributed by atoms with Gasteiger partial charge in [0.25, 0.3) is 0 Å². The van der Waals surface area contributed by atoms with Crippen molar-refractivity contribution in [1.29, 1.82) is 0 Å². The Morgan fingerprint density at radius 2 is 2.05 bits per heavy atom. The molecule has 4 nitrogen and oxygen atoms in total. The number of ether oxygens (including phenoxy) is 1. The summed E-state index contributed by atoms with van der Waals surface area (Å²) in [5.74, 6) is -0.207. The maximum absolute atomic E-state index is 12.0. The molecule has 0 amide bonds. The Labute approximate surface area is 120 Å². The Bertz CT molecular complexity index is 459. The van der Waals surface area contributed by atoms with Crippen LogP contribution in [0.2, 0.25) is 0 Å². The molecule has 2 atom stereocenters. The second-order valence-corrected chi connectivity index (χ2v) is 5.75. The van der Waals surface area contributed by atoms with E-state index in [1.54, 1.807) is 0 Å². The van der Waals surface area contributed by atoms with Gasteiger partial charge < -0.3 is 4.74 Å². The van der Waals surface area contributed by atoms with Crippen LogP contribution in [0.3, 0.4) is 0 Å². The zero-order valence-corrected chi connectivity index (χ0v) is 11.9. The molecule has 0 aromatic heterocycles. The molecule has 0 bridgehead atoms. The second-order valence-electron chi connectivity index (χ2n) is 5.75. The SMILES string of the molecule is COC(=O)C(NC1CCN(C2CC2)C1)c1ccccc1. The number of methoxy groups -OCH3 is 1. The van der Waals surface area contributed by atoms with Gasteiger partial charge in [-0.15, -0.1) is 0 Å². The fraction of sp³-hybridized carbons (Fsp3) is 0.562. The lowest BCUT2D eigenvalue weighted by Gasteiger charge is -2.22. The summed E-state index contributed by atoms with van der Waals surface area (Å²) < 4.78 is 4.95. The minimum absolute atomic E-state index is 0.207. The van der Waals surface area contributed by atoms with Crippen LogP contribution in [0.1, 0.15) is 30.9 Å². The minimum atomic E-state index is -0.356. The van der Waals surface area contributed by atoms with E-state index in [1.165, 1.54) is 20.0 Å². The highest BCUT2D eigenvalue weighted by atomic mass is 16.5. The van der Waals surface area contributed by atoms with E-state index in [2.05, 4.69) is 10.2 Å². The van der Waals surface area contributed by atoms with Crippen molar-refractivity contribution in [3.8, 4) is 0 Å². The Morgan fingerprint density at radius 1 is 1.30 bits per heavy atom. The molecule has 108 valence electrons. The van der Waals surface area contributed by atoms with Gasteiger partial charge in [0.1, 0.15) is 6.04 Å². The Hall–Kier alpha value is -1.39. The van der Waals surface area contributed by atoms with Gasteiger partial charge in [-0.3, -0.25) is 10.2 Å². The smallest absolute Gasteiger partial charge is 0.327 e. The van der Waals surface area contributed by atoms with E-state index in [-0.39, 0.29) is 12.0 Å². The molecule has 1 aromatic carbocycles. The van der Waals surface area contributed by atoms with Gasteiger partial charge in [0, 0.05) is 25.2 Å². The molecule has 1 aliphatic heterocycles. The van der Waals surface area contributed by atoms with Crippen LogP contribution in [-0.4, -0.2) is 43.2 Å². The van der Waals surface area contributed by atoms with Crippen LogP contribution in [0.25, 0.3) is 0 Å². The first-order valence-corrected chi connectivity index (χ1v) is 7.41. The first-order chi connectivity index (χ1) is 9.78. The average Bonchev–Trinajstić information content (AvgIpc) is 3.24. The molecule has 0 radical (unpaired) electrons. The first kappa shape index (κ1) is 13.6. The number of hydrogen-bond donors (Lipinski definition) is 1. The fourth-order valence-corrected chi connectivity index (χ4v) is 2.99. The molecule has 1 heterocycles. The average molecular weight is 274 g/mol. The van der Waals surface area contributed by atoms with E-state index in [0.29, 0.717) is 6.04 Å². The summed E-state index contributed by atoms with van der Waals surface area (Å²) in [4.78, 5) is 14.6. The van der Waals surface area contributed by atoms with Crippen LogP contribution in [0.5, 0.6) is 0 Å². The first-order valence-electron chi connectivity index (χ1n) is 7.41. The highest BCUT2D eigenvalue weighted by molar-refractivity contribution is 5.77. The molecule has 1 N–H and O–H groups in total. The zero-order chi connectivity index (χ0) is 13.9. The molecule has 2 unspecified atom stereocenters. The van der Waals surface area contributed by atoms with Crippen LogP contribution in [-0.2, 0) is 9.53 Å². The van der Waals surface area contributed by atoms with E-state index in [1.807, 2.05) is 30.3 Å². The highest BCUT2D eigenvalue weighted by Gasteiger charge is 2.36.